The number of rotatable bonds is 4. The van der Waals surface area contributed by atoms with Gasteiger partial charge < -0.3 is 9.88 Å². The fraction of sp³-hybridized carbons (Fsp3) is 0.364. The lowest BCUT2D eigenvalue weighted by Crippen LogP contribution is -2.19. The highest BCUT2D eigenvalue weighted by Gasteiger charge is 2.16. The largest absolute Gasteiger partial charge is 0.338 e. The van der Waals surface area contributed by atoms with Gasteiger partial charge in [0.1, 0.15) is 5.82 Å². The Labute approximate surface area is 108 Å². The fourth-order valence-electron chi connectivity index (χ4n) is 1.66. The average molecular weight is 300 g/mol. The van der Waals surface area contributed by atoms with Crippen LogP contribution >= 0.6 is 27.3 Å². The summed E-state index contributed by atoms with van der Waals surface area (Å²) in [7, 11) is 4.01. The molecule has 1 atom stereocenters. The van der Waals surface area contributed by atoms with Crippen LogP contribution in [0.1, 0.15) is 16.7 Å². The van der Waals surface area contributed by atoms with E-state index in [1.165, 1.54) is 9.35 Å². The Hall–Kier alpha value is -0.650. The molecule has 2 rings (SSSR count). The second kappa shape index (κ2) is 5.12. The molecule has 0 fully saturated rings. The van der Waals surface area contributed by atoms with Crippen LogP contribution in [0.3, 0.4) is 0 Å². The van der Waals surface area contributed by atoms with E-state index in [9.17, 15) is 0 Å². The summed E-state index contributed by atoms with van der Waals surface area (Å²) < 4.78 is 3.23. The summed E-state index contributed by atoms with van der Waals surface area (Å²) in [5.74, 6) is 1.10. The van der Waals surface area contributed by atoms with Crippen LogP contribution in [-0.2, 0) is 13.5 Å². The zero-order chi connectivity index (χ0) is 11.5. The predicted molar refractivity (Wildman–Crippen MR) is 70.7 cm³/mol. The zero-order valence-electron chi connectivity index (χ0n) is 9.27. The molecule has 5 heteroatoms. The van der Waals surface area contributed by atoms with Crippen molar-refractivity contribution >= 4 is 27.3 Å². The molecule has 2 aromatic rings. The van der Waals surface area contributed by atoms with Gasteiger partial charge in [0.05, 0.1) is 0 Å². The van der Waals surface area contributed by atoms with Crippen molar-refractivity contribution in [2.45, 2.75) is 12.5 Å². The van der Waals surface area contributed by atoms with E-state index in [1.807, 2.05) is 26.5 Å². The maximum absolute atomic E-state index is 4.36. The number of hydrogen-bond donors (Lipinski definition) is 1. The summed E-state index contributed by atoms with van der Waals surface area (Å²) in [4.78, 5) is 5.68. The molecule has 0 bridgehead atoms. The van der Waals surface area contributed by atoms with Gasteiger partial charge in [-0.1, -0.05) is 0 Å². The monoisotopic (exact) mass is 299 g/mol. The molecule has 0 aliphatic heterocycles. The quantitative estimate of drug-likeness (QED) is 0.941. The average Bonchev–Trinajstić information content (AvgIpc) is 2.85. The fourth-order valence-corrected chi connectivity index (χ4v) is 3.42. The van der Waals surface area contributed by atoms with Gasteiger partial charge in [0.2, 0.25) is 0 Å². The number of likely N-dealkylation sites (N-methyl/N-ethyl adjacent to an activating group) is 1. The second-order valence-electron chi connectivity index (χ2n) is 3.63. The summed E-state index contributed by atoms with van der Waals surface area (Å²) in [6, 6.07) is 2.40. The molecular formula is C11H14BrN3S. The molecule has 0 spiro atoms. The van der Waals surface area contributed by atoms with Gasteiger partial charge in [-0.25, -0.2) is 4.98 Å². The third-order valence-electron chi connectivity index (χ3n) is 2.62. The first kappa shape index (κ1) is 11.8. The van der Waals surface area contributed by atoms with Crippen LogP contribution in [0.15, 0.2) is 28.3 Å². The summed E-state index contributed by atoms with van der Waals surface area (Å²) in [6.07, 6.45) is 4.72. The van der Waals surface area contributed by atoms with Crippen molar-refractivity contribution in [2.75, 3.05) is 7.05 Å². The van der Waals surface area contributed by atoms with Crippen LogP contribution in [0.4, 0.5) is 0 Å². The summed E-state index contributed by atoms with van der Waals surface area (Å²) in [5.41, 5.74) is 0. The lowest BCUT2D eigenvalue weighted by molar-refractivity contribution is 0.570. The maximum Gasteiger partial charge on any atom is 0.110 e. The molecule has 0 aromatic carbocycles. The van der Waals surface area contributed by atoms with Crippen molar-refractivity contribution in [3.05, 3.63) is 39.0 Å². The van der Waals surface area contributed by atoms with E-state index in [0.29, 0.717) is 6.04 Å². The van der Waals surface area contributed by atoms with Crippen molar-refractivity contribution in [1.82, 2.24) is 14.9 Å². The number of imidazole rings is 1. The molecule has 86 valence electrons. The molecule has 0 amide bonds. The first-order chi connectivity index (χ1) is 7.72. The molecule has 2 aromatic heterocycles. The van der Waals surface area contributed by atoms with Crippen LogP contribution in [0.25, 0.3) is 0 Å². The van der Waals surface area contributed by atoms with E-state index in [2.05, 4.69) is 42.2 Å². The maximum atomic E-state index is 4.36. The van der Waals surface area contributed by atoms with Gasteiger partial charge in [-0.3, -0.25) is 0 Å². The Morgan fingerprint density at radius 2 is 2.44 bits per heavy atom. The highest BCUT2D eigenvalue weighted by Crippen LogP contribution is 2.30. The lowest BCUT2D eigenvalue weighted by Gasteiger charge is -2.15. The third-order valence-corrected chi connectivity index (χ3v) is 4.60. The molecule has 0 radical (unpaired) electrons. The Balaban J connectivity index is 2.19. The number of hydrogen-bond acceptors (Lipinski definition) is 3. The molecule has 2 heterocycles. The standard InChI is InChI=1S/C11H14BrN3S/c1-13-9(11-8(12)3-6-16-11)7-10-14-4-5-15(10)2/h3-6,9,13H,7H2,1-2H3. The minimum atomic E-state index is 0.315. The third kappa shape index (κ3) is 2.36. The molecule has 3 nitrogen and oxygen atoms in total. The Morgan fingerprint density at radius 1 is 1.62 bits per heavy atom. The molecule has 1 unspecified atom stereocenters. The van der Waals surface area contributed by atoms with Crippen molar-refractivity contribution in [1.29, 1.82) is 0 Å². The van der Waals surface area contributed by atoms with Crippen LogP contribution in [0.5, 0.6) is 0 Å². The molecule has 0 aliphatic rings. The SMILES string of the molecule is CNC(Cc1nccn1C)c1sccc1Br. The molecule has 1 N–H and O–H groups in total. The van der Waals surface area contributed by atoms with Crippen LogP contribution in [-0.4, -0.2) is 16.6 Å². The van der Waals surface area contributed by atoms with E-state index in [1.54, 1.807) is 11.3 Å². The van der Waals surface area contributed by atoms with Gasteiger partial charge in [0, 0.05) is 41.3 Å². The number of nitrogens with zero attached hydrogens (tertiary/aromatic N) is 2. The zero-order valence-corrected chi connectivity index (χ0v) is 11.7. The predicted octanol–water partition coefficient (Wildman–Crippen LogP) is 2.75. The van der Waals surface area contributed by atoms with Crippen molar-refractivity contribution in [3.63, 3.8) is 0 Å². The highest BCUT2D eigenvalue weighted by atomic mass is 79.9. The van der Waals surface area contributed by atoms with Gasteiger partial charge in [-0.05, 0) is 34.4 Å². The molecule has 0 aliphatic carbocycles. The number of aryl methyl sites for hydroxylation is 1. The van der Waals surface area contributed by atoms with Gasteiger partial charge >= 0.3 is 0 Å². The molecule has 0 saturated heterocycles. The van der Waals surface area contributed by atoms with E-state index < -0.39 is 0 Å². The van der Waals surface area contributed by atoms with Crippen molar-refractivity contribution < 1.29 is 0 Å². The van der Waals surface area contributed by atoms with Crippen molar-refractivity contribution in [2.24, 2.45) is 7.05 Å². The minimum Gasteiger partial charge on any atom is -0.338 e. The van der Waals surface area contributed by atoms with Gasteiger partial charge in [0.15, 0.2) is 0 Å². The summed E-state index contributed by atoms with van der Waals surface area (Å²) >= 11 is 5.34. The minimum absolute atomic E-state index is 0.315. The van der Waals surface area contributed by atoms with Crippen LogP contribution in [0, 0.1) is 0 Å². The second-order valence-corrected chi connectivity index (χ2v) is 5.43. The summed E-state index contributed by atoms with van der Waals surface area (Å²) in [5, 5.41) is 5.44. The smallest absolute Gasteiger partial charge is 0.110 e. The highest BCUT2D eigenvalue weighted by molar-refractivity contribution is 9.10. The number of thiophene rings is 1. The van der Waals surface area contributed by atoms with E-state index >= 15 is 0 Å². The van der Waals surface area contributed by atoms with Crippen LogP contribution in [0.2, 0.25) is 0 Å². The van der Waals surface area contributed by atoms with Crippen LogP contribution < -0.4 is 5.32 Å². The van der Waals surface area contributed by atoms with Gasteiger partial charge in [-0.2, -0.15) is 0 Å². The van der Waals surface area contributed by atoms with E-state index in [4.69, 9.17) is 0 Å². The topological polar surface area (TPSA) is 29.9 Å². The molecule has 0 saturated carbocycles. The first-order valence-corrected chi connectivity index (χ1v) is 6.76. The number of nitrogens with one attached hydrogen (secondary N) is 1. The van der Waals surface area contributed by atoms with Gasteiger partial charge in [0.25, 0.3) is 0 Å². The van der Waals surface area contributed by atoms with Crippen molar-refractivity contribution in [3.8, 4) is 0 Å². The number of aromatic nitrogens is 2. The summed E-state index contributed by atoms with van der Waals surface area (Å²) in [6.45, 7) is 0. The number of halogens is 1. The Kier molecular flexibility index (Phi) is 3.78. The Bertz CT molecular complexity index is 463. The Morgan fingerprint density at radius 3 is 2.94 bits per heavy atom. The van der Waals surface area contributed by atoms with E-state index in [-0.39, 0.29) is 0 Å². The molecule has 16 heavy (non-hydrogen) atoms. The first-order valence-electron chi connectivity index (χ1n) is 5.08. The normalized spacial score (nSPS) is 12.9. The van der Waals surface area contributed by atoms with E-state index in [0.717, 1.165) is 12.2 Å². The molecular weight excluding hydrogens is 286 g/mol. The lowest BCUT2D eigenvalue weighted by atomic mass is 10.1. The van der Waals surface area contributed by atoms with Gasteiger partial charge in [-0.15, -0.1) is 11.3 Å².